The zero-order valence-corrected chi connectivity index (χ0v) is 25.6. The molecule has 0 aliphatic carbocycles. The number of benzene rings is 3. The van der Waals surface area contributed by atoms with Crippen molar-refractivity contribution in [2.75, 3.05) is 4.23 Å². The average molecular weight is 538 g/mol. The van der Waals surface area contributed by atoms with Crippen LogP contribution in [0.4, 0.5) is 5.82 Å². The molecule has 0 saturated carbocycles. The number of hydrogen-bond acceptors (Lipinski definition) is 4. The second kappa shape index (κ2) is 9.51. The monoisotopic (exact) mass is 537 g/mol. The van der Waals surface area contributed by atoms with Crippen LogP contribution in [0.25, 0.3) is 11.5 Å². The lowest BCUT2D eigenvalue weighted by atomic mass is 10.3. The number of anilines is 1. The Kier molecular flexibility index (Phi) is 6.51. The van der Waals surface area contributed by atoms with Crippen molar-refractivity contribution in [2.45, 2.75) is 39.3 Å². The van der Waals surface area contributed by atoms with Gasteiger partial charge in [-0.05, 0) is 15.6 Å². The quantitative estimate of drug-likeness (QED) is 0.222. The molecule has 5 rings (SSSR count). The van der Waals surface area contributed by atoms with Crippen LogP contribution in [0.1, 0.15) is 0 Å². The Labute approximate surface area is 223 Å². The summed E-state index contributed by atoms with van der Waals surface area (Å²) in [6, 6.07) is 33.4. The lowest BCUT2D eigenvalue weighted by Crippen LogP contribution is -2.82. The summed E-state index contributed by atoms with van der Waals surface area (Å²) < 4.78 is 5.30. The second-order valence-electron chi connectivity index (χ2n) is 11.5. The highest BCUT2D eigenvalue weighted by atomic mass is 28.4. The van der Waals surface area contributed by atoms with E-state index in [-0.39, 0.29) is 0 Å². The maximum Gasteiger partial charge on any atom is 0.246 e. The first-order valence-corrected chi connectivity index (χ1v) is 21.6. The van der Waals surface area contributed by atoms with Gasteiger partial charge in [-0.25, -0.2) is 15.0 Å². The molecule has 0 radical (unpaired) electrons. The SMILES string of the molecule is C[Si](C)(C)N(c1c2ncnc-2ncn1[Si](C)(C)C)[Si](c1ccccc1)(c1ccccc1)c1ccccc1. The van der Waals surface area contributed by atoms with Gasteiger partial charge in [-0.2, -0.15) is 0 Å². The molecular weight excluding hydrogens is 503 g/mol. The molecule has 0 bridgehead atoms. The van der Waals surface area contributed by atoms with Crippen molar-refractivity contribution in [3.05, 3.63) is 104 Å². The van der Waals surface area contributed by atoms with E-state index in [1.54, 1.807) is 6.33 Å². The number of imidazole rings is 1. The first-order chi connectivity index (χ1) is 17.6. The molecule has 2 aliphatic rings. The van der Waals surface area contributed by atoms with Crippen molar-refractivity contribution >= 4 is 46.1 Å². The highest BCUT2D eigenvalue weighted by Crippen LogP contribution is 2.37. The number of nitrogens with zero attached hydrogens (tertiary/aromatic N) is 5. The van der Waals surface area contributed by atoms with E-state index in [4.69, 9.17) is 9.97 Å². The molecule has 3 aromatic rings. The molecule has 0 spiro atoms. The van der Waals surface area contributed by atoms with Gasteiger partial charge in [-0.1, -0.05) is 130 Å². The van der Waals surface area contributed by atoms with Gasteiger partial charge in [-0.15, -0.1) is 0 Å². The second-order valence-corrected chi connectivity index (χ2v) is 25.1. The Balaban J connectivity index is 2.02. The molecule has 0 aromatic heterocycles. The molecule has 3 aromatic carbocycles. The van der Waals surface area contributed by atoms with Crippen LogP contribution in [0.5, 0.6) is 0 Å². The molecule has 0 N–H and O–H groups in total. The number of fused-ring (bicyclic) bond motifs is 1. The Morgan fingerprint density at radius 3 is 1.46 bits per heavy atom. The van der Waals surface area contributed by atoms with Crippen LogP contribution in [-0.4, -0.2) is 43.9 Å². The van der Waals surface area contributed by atoms with E-state index in [0.717, 1.165) is 5.69 Å². The maximum atomic E-state index is 4.85. The van der Waals surface area contributed by atoms with Crippen LogP contribution in [0.15, 0.2) is 104 Å². The fourth-order valence-electron chi connectivity index (χ4n) is 5.40. The Morgan fingerprint density at radius 2 is 1.05 bits per heavy atom. The molecule has 2 heterocycles. The number of rotatable bonds is 7. The van der Waals surface area contributed by atoms with E-state index >= 15 is 0 Å². The topological polar surface area (TPSA) is 46.8 Å². The van der Waals surface area contributed by atoms with Gasteiger partial charge in [0.15, 0.2) is 14.1 Å². The third-order valence-electron chi connectivity index (χ3n) is 6.83. The zero-order chi connectivity index (χ0) is 26.3. The van der Waals surface area contributed by atoms with E-state index in [1.165, 1.54) is 21.4 Å². The third kappa shape index (κ3) is 4.39. The van der Waals surface area contributed by atoms with Crippen molar-refractivity contribution in [2.24, 2.45) is 0 Å². The molecule has 37 heavy (non-hydrogen) atoms. The van der Waals surface area contributed by atoms with Gasteiger partial charge in [0.2, 0.25) is 8.24 Å². The highest BCUT2D eigenvalue weighted by Gasteiger charge is 2.52. The molecule has 0 unspecified atom stereocenters. The van der Waals surface area contributed by atoms with Crippen molar-refractivity contribution in [1.29, 1.82) is 0 Å². The Hall–Kier alpha value is -3.34. The molecule has 2 aliphatic heterocycles. The van der Waals surface area contributed by atoms with Crippen LogP contribution in [0.3, 0.4) is 0 Å². The maximum absolute atomic E-state index is 4.85. The first-order valence-electron chi connectivity index (χ1n) is 12.8. The predicted octanol–water partition coefficient (Wildman–Crippen LogP) is 4.77. The van der Waals surface area contributed by atoms with E-state index in [0.29, 0.717) is 5.82 Å². The summed E-state index contributed by atoms with van der Waals surface area (Å²) >= 11 is 0. The van der Waals surface area contributed by atoms with Gasteiger partial charge in [0.05, 0.1) is 6.33 Å². The minimum atomic E-state index is -2.83. The predicted molar refractivity (Wildman–Crippen MR) is 163 cm³/mol. The van der Waals surface area contributed by atoms with Gasteiger partial charge in [0, 0.05) is 0 Å². The summed E-state index contributed by atoms with van der Waals surface area (Å²) in [6.07, 6.45) is 3.68. The molecule has 0 saturated heterocycles. The minimum Gasteiger partial charge on any atom is -0.399 e. The van der Waals surface area contributed by atoms with Gasteiger partial charge >= 0.3 is 0 Å². The van der Waals surface area contributed by atoms with Gasteiger partial charge < -0.3 is 8.46 Å². The minimum absolute atomic E-state index is 0.713. The van der Waals surface area contributed by atoms with Gasteiger partial charge in [0.25, 0.3) is 0 Å². The molecule has 8 heteroatoms. The average Bonchev–Trinajstić information content (AvgIpc) is 3.36. The van der Waals surface area contributed by atoms with Crippen molar-refractivity contribution in [1.82, 2.24) is 19.2 Å². The van der Waals surface area contributed by atoms with E-state index in [9.17, 15) is 0 Å². The smallest absolute Gasteiger partial charge is 0.246 e. The van der Waals surface area contributed by atoms with Crippen LogP contribution in [-0.2, 0) is 0 Å². The van der Waals surface area contributed by atoms with Crippen molar-refractivity contribution < 1.29 is 0 Å². The standard InChI is InChI=1S/C29H35N5Si3/c1-35(2,3)33-23-32-28-27(30-22-31-28)29(33)34(36(4,5)6)37(24-16-10-7-11-17-24,25-18-12-8-13-19-25)26-20-14-9-15-21-26/h7-23H,1-6H3. The third-order valence-corrected chi connectivity index (χ3v) is 17.6. The van der Waals surface area contributed by atoms with Crippen LogP contribution in [0.2, 0.25) is 39.3 Å². The molecule has 0 atom stereocenters. The number of aromatic nitrogens is 4. The summed E-state index contributed by atoms with van der Waals surface area (Å²) in [7, 11) is -6.84. The van der Waals surface area contributed by atoms with Crippen LogP contribution >= 0.6 is 0 Å². The van der Waals surface area contributed by atoms with Crippen molar-refractivity contribution in [3.8, 4) is 11.5 Å². The van der Waals surface area contributed by atoms with Crippen molar-refractivity contribution in [3.63, 3.8) is 0 Å². The van der Waals surface area contributed by atoms with Gasteiger partial charge in [-0.3, -0.25) is 0 Å². The Morgan fingerprint density at radius 1 is 0.595 bits per heavy atom. The number of hydrogen-bond donors (Lipinski definition) is 0. The summed E-state index contributed by atoms with van der Waals surface area (Å²) in [5.41, 5.74) is 0.895. The lowest BCUT2D eigenvalue weighted by molar-refractivity contribution is 1.01. The molecule has 0 fully saturated rings. The van der Waals surface area contributed by atoms with Crippen LogP contribution in [0, 0.1) is 0 Å². The van der Waals surface area contributed by atoms with Crippen LogP contribution < -0.4 is 19.8 Å². The van der Waals surface area contributed by atoms with E-state index in [1.807, 2.05) is 6.33 Å². The fraction of sp³-hybridized carbons (Fsp3) is 0.207. The summed E-state index contributed by atoms with van der Waals surface area (Å²) in [5, 5.41) is 4.09. The van der Waals surface area contributed by atoms with Gasteiger partial charge in [0.1, 0.15) is 26.1 Å². The molecular formula is C29H35N5Si3. The largest absolute Gasteiger partial charge is 0.399 e. The summed E-state index contributed by atoms with van der Waals surface area (Å²) in [5.74, 6) is 1.88. The first kappa shape index (κ1) is 25.3. The summed E-state index contributed by atoms with van der Waals surface area (Å²) in [6.45, 7) is 14.5. The lowest BCUT2D eigenvalue weighted by Gasteiger charge is -2.53. The highest BCUT2D eigenvalue weighted by molar-refractivity contribution is 7.20. The molecule has 188 valence electrons. The zero-order valence-electron chi connectivity index (χ0n) is 22.6. The Bertz CT molecular complexity index is 1350. The van der Waals surface area contributed by atoms with E-state index in [2.05, 4.69) is 144 Å². The van der Waals surface area contributed by atoms with E-state index < -0.39 is 24.7 Å². The molecule has 5 nitrogen and oxygen atoms in total. The molecule has 0 amide bonds. The summed E-state index contributed by atoms with van der Waals surface area (Å²) in [4.78, 5) is 14.2. The fourth-order valence-corrected chi connectivity index (χ4v) is 17.2. The normalized spacial score (nSPS) is 12.6.